The van der Waals surface area contributed by atoms with Crippen LogP contribution >= 0.6 is 0 Å². The van der Waals surface area contributed by atoms with Gasteiger partial charge in [-0.1, -0.05) is 0 Å². The highest BCUT2D eigenvalue weighted by Crippen LogP contribution is 2.33. The van der Waals surface area contributed by atoms with Gasteiger partial charge in [0.05, 0.1) is 5.60 Å². The van der Waals surface area contributed by atoms with Crippen LogP contribution in [0.25, 0.3) is 0 Å². The average Bonchev–Trinajstić information content (AvgIpc) is 3.01. The third-order valence-electron chi connectivity index (χ3n) is 3.55. The summed E-state index contributed by atoms with van der Waals surface area (Å²) in [4.78, 5) is 13.8. The standard InChI is InChI=1S/C11H19NO2/c1-11(14-2)5-7-12(8-6-11)10(13)9-3-4-9/h9H,3-8H2,1-2H3. The molecule has 80 valence electrons. The quantitative estimate of drug-likeness (QED) is 0.670. The van der Waals surface area contributed by atoms with Crippen molar-refractivity contribution in [3.63, 3.8) is 0 Å². The number of carbonyl (C=O) groups is 1. The molecule has 2 aliphatic rings. The molecule has 0 spiro atoms. The summed E-state index contributed by atoms with van der Waals surface area (Å²) < 4.78 is 5.44. The van der Waals surface area contributed by atoms with E-state index < -0.39 is 0 Å². The second kappa shape index (κ2) is 3.54. The minimum Gasteiger partial charge on any atom is -0.378 e. The van der Waals surface area contributed by atoms with E-state index in [4.69, 9.17) is 4.74 Å². The Morgan fingerprint density at radius 3 is 2.36 bits per heavy atom. The second-order valence-electron chi connectivity index (χ2n) is 4.75. The number of amides is 1. The van der Waals surface area contributed by atoms with E-state index in [9.17, 15) is 4.79 Å². The number of methoxy groups -OCH3 is 1. The van der Waals surface area contributed by atoms with Gasteiger partial charge in [-0.25, -0.2) is 0 Å². The summed E-state index contributed by atoms with van der Waals surface area (Å²) in [6.07, 6.45) is 4.16. The van der Waals surface area contributed by atoms with Gasteiger partial charge in [0.2, 0.25) is 5.91 Å². The van der Waals surface area contributed by atoms with E-state index in [-0.39, 0.29) is 5.60 Å². The summed E-state index contributed by atoms with van der Waals surface area (Å²) in [7, 11) is 1.76. The lowest BCUT2D eigenvalue weighted by Gasteiger charge is -2.38. The van der Waals surface area contributed by atoms with Crippen LogP contribution in [0.1, 0.15) is 32.6 Å². The molecule has 1 aliphatic carbocycles. The van der Waals surface area contributed by atoms with Gasteiger partial charge in [-0.3, -0.25) is 4.79 Å². The maximum Gasteiger partial charge on any atom is 0.225 e. The zero-order valence-electron chi connectivity index (χ0n) is 9.08. The molecule has 0 radical (unpaired) electrons. The van der Waals surface area contributed by atoms with Gasteiger partial charge in [0.1, 0.15) is 0 Å². The van der Waals surface area contributed by atoms with Crippen LogP contribution in [0.2, 0.25) is 0 Å². The fourth-order valence-corrected chi connectivity index (χ4v) is 1.99. The third kappa shape index (κ3) is 1.92. The lowest BCUT2D eigenvalue weighted by molar-refractivity contribution is -0.137. The van der Waals surface area contributed by atoms with Crippen LogP contribution < -0.4 is 0 Å². The van der Waals surface area contributed by atoms with Crippen LogP contribution in [0.15, 0.2) is 0 Å². The predicted octanol–water partition coefficient (Wildman–Crippen LogP) is 1.42. The molecule has 0 aromatic heterocycles. The fraction of sp³-hybridized carbons (Fsp3) is 0.909. The number of likely N-dealkylation sites (tertiary alicyclic amines) is 1. The van der Waals surface area contributed by atoms with Gasteiger partial charge in [0.15, 0.2) is 0 Å². The van der Waals surface area contributed by atoms with Crippen molar-refractivity contribution < 1.29 is 9.53 Å². The molecule has 0 aromatic carbocycles. The summed E-state index contributed by atoms with van der Waals surface area (Å²) in [6.45, 7) is 3.88. The molecule has 3 heteroatoms. The molecule has 2 fully saturated rings. The first-order chi connectivity index (χ1) is 6.64. The summed E-state index contributed by atoms with van der Waals surface area (Å²) in [6, 6.07) is 0. The van der Waals surface area contributed by atoms with E-state index in [1.54, 1.807) is 7.11 Å². The number of nitrogens with zero attached hydrogens (tertiary/aromatic N) is 1. The molecular weight excluding hydrogens is 178 g/mol. The van der Waals surface area contributed by atoms with Gasteiger partial charge < -0.3 is 9.64 Å². The van der Waals surface area contributed by atoms with Crippen molar-refractivity contribution in [1.29, 1.82) is 0 Å². The Kier molecular flexibility index (Phi) is 2.52. The summed E-state index contributed by atoms with van der Waals surface area (Å²) >= 11 is 0. The predicted molar refractivity (Wildman–Crippen MR) is 54.0 cm³/mol. The van der Waals surface area contributed by atoms with E-state index >= 15 is 0 Å². The molecule has 0 aromatic rings. The zero-order chi connectivity index (χ0) is 10.2. The highest BCUT2D eigenvalue weighted by atomic mass is 16.5. The van der Waals surface area contributed by atoms with E-state index in [1.807, 2.05) is 4.90 Å². The van der Waals surface area contributed by atoms with E-state index in [0.29, 0.717) is 11.8 Å². The van der Waals surface area contributed by atoms with Crippen molar-refractivity contribution in [2.45, 2.75) is 38.2 Å². The number of ether oxygens (including phenoxy) is 1. The monoisotopic (exact) mass is 197 g/mol. The second-order valence-corrected chi connectivity index (χ2v) is 4.75. The van der Waals surface area contributed by atoms with Crippen molar-refractivity contribution in [3.05, 3.63) is 0 Å². The van der Waals surface area contributed by atoms with Gasteiger partial charge in [-0.15, -0.1) is 0 Å². The number of rotatable bonds is 2. The first kappa shape index (κ1) is 9.97. The van der Waals surface area contributed by atoms with Gasteiger partial charge in [0, 0.05) is 26.1 Å². The maximum absolute atomic E-state index is 11.7. The molecular formula is C11H19NO2. The van der Waals surface area contributed by atoms with E-state index in [2.05, 4.69) is 6.92 Å². The Bertz CT molecular complexity index is 227. The largest absolute Gasteiger partial charge is 0.378 e. The Labute approximate surface area is 85.4 Å². The Hall–Kier alpha value is -0.570. The van der Waals surface area contributed by atoms with Crippen molar-refractivity contribution in [3.8, 4) is 0 Å². The van der Waals surface area contributed by atoms with Crippen LogP contribution in [0, 0.1) is 5.92 Å². The van der Waals surface area contributed by atoms with Gasteiger partial charge in [0.25, 0.3) is 0 Å². The maximum atomic E-state index is 11.7. The van der Waals surface area contributed by atoms with Crippen molar-refractivity contribution in [1.82, 2.24) is 4.90 Å². The molecule has 0 N–H and O–H groups in total. The van der Waals surface area contributed by atoms with Crippen LogP contribution in [-0.4, -0.2) is 36.6 Å². The summed E-state index contributed by atoms with van der Waals surface area (Å²) in [5.74, 6) is 0.741. The minimum atomic E-state index is 0.000328. The van der Waals surface area contributed by atoms with Crippen LogP contribution in [0.3, 0.4) is 0 Å². The lowest BCUT2D eigenvalue weighted by Crippen LogP contribution is -2.46. The van der Waals surface area contributed by atoms with E-state index in [1.165, 1.54) is 0 Å². The molecule has 1 saturated carbocycles. The molecule has 0 unspecified atom stereocenters. The molecule has 0 atom stereocenters. The van der Waals surface area contributed by atoms with Crippen molar-refractivity contribution in [2.24, 2.45) is 5.92 Å². The normalized spacial score (nSPS) is 26.3. The smallest absolute Gasteiger partial charge is 0.225 e. The van der Waals surface area contributed by atoms with Gasteiger partial charge in [-0.2, -0.15) is 0 Å². The molecule has 1 heterocycles. The van der Waals surface area contributed by atoms with Crippen LogP contribution in [-0.2, 0) is 9.53 Å². The number of piperidine rings is 1. The topological polar surface area (TPSA) is 29.5 Å². The van der Waals surface area contributed by atoms with Crippen molar-refractivity contribution >= 4 is 5.91 Å². The Balaban J connectivity index is 1.86. The van der Waals surface area contributed by atoms with E-state index in [0.717, 1.165) is 38.8 Å². The number of carbonyl (C=O) groups excluding carboxylic acids is 1. The first-order valence-corrected chi connectivity index (χ1v) is 5.48. The van der Waals surface area contributed by atoms with Gasteiger partial charge >= 0.3 is 0 Å². The molecule has 1 saturated heterocycles. The average molecular weight is 197 g/mol. The lowest BCUT2D eigenvalue weighted by atomic mass is 9.93. The zero-order valence-corrected chi connectivity index (χ0v) is 9.08. The SMILES string of the molecule is COC1(C)CCN(C(=O)C2CC2)CC1. The molecule has 14 heavy (non-hydrogen) atoms. The highest BCUT2D eigenvalue weighted by molar-refractivity contribution is 5.81. The molecule has 1 amide bonds. The molecule has 3 nitrogen and oxygen atoms in total. The number of hydrogen-bond acceptors (Lipinski definition) is 2. The molecule has 1 aliphatic heterocycles. The summed E-state index contributed by atoms with van der Waals surface area (Å²) in [5, 5.41) is 0. The minimum absolute atomic E-state index is 0.000328. The highest BCUT2D eigenvalue weighted by Gasteiger charge is 2.37. The van der Waals surface area contributed by atoms with Crippen molar-refractivity contribution in [2.75, 3.05) is 20.2 Å². The Morgan fingerprint density at radius 2 is 1.93 bits per heavy atom. The third-order valence-corrected chi connectivity index (χ3v) is 3.55. The van der Waals surface area contributed by atoms with Gasteiger partial charge in [-0.05, 0) is 32.6 Å². The molecule has 0 bridgehead atoms. The fourth-order valence-electron chi connectivity index (χ4n) is 1.99. The molecule has 2 rings (SSSR count). The van der Waals surface area contributed by atoms with Crippen LogP contribution in [0.4, 0.5) is 0 Å². The Morgan fingerprint density at radius 1 is 1.36 bits per heavy atom. The summed E-state index contributed by atoms with van der Waals surface area (Å²) in [5.41, 5.74) is 0.000328. The first-order valence-electron chi connectivity index (χ1n) is 5.48. The van der Waals surface area contributed by atoms with Crippen LogP contribution in [0.5, 0.6) is 0 Å². The number of hydrogen-bond donors (Lipinski definition) is 0.